The summed E-state index contributed by atoms with van der Waals surface area (Å²) in [6.45, 7) is 2.57. The molecule has 0 aromatic heterocycles. The van der Waals surface area contributed by atoms with Crippen molar-refractivity contribution in [3.8, 4) is 16.9 Å². The second-order valence-electron chi connectivity index (χ2n) is 7.87. The molecule has 0 radical (unpaired) electrons. The molecule has 0 spiro atoms. The Morgan fingerprint density at radius 2 is 1.55 bits per heavy atom. The monoisotopic (exact) mass is 384 g/mol. The Morgan fingerprint density at radius 3 is 2.28 bits per heavy atom. The molecule has 0 N–H and O–H groups in total. The van der Waals surface area contributed by atoms with Gasteiger partial charge in [0, 0.05) is 31.7 Å². The van der Waals surface area contributed by atoms with Crippen molar-refractivity contribution in [2.75, 3.05) is 13.1 Å². The third kappa shape index (κ3) is 3.76. The van der Waals surface area contributed by atoms with E-state index in [1.54, 1.807) is 0 Å². The van der Waals surface area contributed by atoms with Gasteiger partial charge in [-0.2, -0.15) is 0 Å². The maximum Gasteiger partial charge on any atom is 0.415 e. The number of rotatable bonds is 4. The molecule has 4 nitrogen and oxygen atoms in total. The molecule has 1 amide bonds. The van der Waals surface area contributed by atoms with Crippen LogP contribution in [0.1, 0.15) is 12.0 Å². The number of benzene rings is 3. The number of fused-ring (bicyclic) bond motifs is 2. The van der Waals surface area contributed by atoms with E-state index in [9.17, 15) is 4.79 Å². The van der Waals surface area contributed by atoms with E-state index in [0.717, 1.165) is 26.1 Å². The standard InChI is InChI=1S/C25H24N2O2/c28-25(29-24-12-5-2-6-13-24)27-18-22-15-23(27)17-26(22)16-19-8-7-11-21(14-19)20-9-3-1-4-10-20/h1-14,22-23H,15-18H2/t22-,23-/m0/s1. The van der Waals surface area contributed by atoms with Gasteiger partial charge in [0.05, 0.1) is 0 Å². The molecule has 3 aromatic carbocycles. The summed E-state index contributed by atoms with van der Waals surface area (Å²) in [6, 6.07) is 29.2. The summed E-state index contributed by atoms with van der Waals surface area (Å²) in [6.07, 6.45) is 0.803. The summed E-state index contributed by atoms with van der Waals surface area (Å²) in [5.74, 6) is 0.606. The Hall–Kier alpha value is -3.11. The zero-order chi connectivity index (χ0) is 19.6. The number of amides is 1. The second kappa shape index (κ2) is 7.72. The lowest BCUT2D eigenvalue weighted by Gasteiger charge is -2.33. The van der Waals surface area contributed by atoms with Crippen LogP contribution in [0.4, 0.5) is 4.79 Å². The molecule has 5 rings (SSSR count). The normalized spacial score (nSPS) is 20.8. The molecule has 2 saturated heterocycles. The minimum Gasteiger partial charge on any atom is -0.410 e. The molecule has 29 heavy (non-hydrogen) atoms. The third-order valence-corrected chi connectivity index (χ3v) is 5.96. The van der Waals surface area contributed by atoms with Crippen molar-refractivity contribution in [1.82, 2.24) is 9.80 Å². The van der Waals surface area contributed by atoms with Gasteiger partial charge in [-0.3, -0.25) is 4.90 Å². The SMILES string of the molecule is O=C(Oc1ccccc1)N1C[C@@H]2C[C@H]1CN2Cc1cccc(-c2ccccc2)c1. The van der Waals surface area contributed by atoms with Gasteiger partial charge in [-0.1, -0.05) is 66.7 Å². The smallest absolute Gasteiger partial charge is 0.410 e. The topological polar surface area (TPSA) is 32.8 Å². The third-order valence-electron chi connectivity index (χ3n) is 5.96. The molecule has 2 aliphatic rings. The van der Waals surface area contributed by atoms with Gasteiger partial charge in [0.2, 0.25) is 0 Å². The molecular formula is C25H24N2O2. The van der Waals surface area contributed by atoms with E-state index in [2.05, 4.69) is 53.4 Å². The van der Waals surface area contributed by atoms with Crippen molar-refractivity contribution in [2.45, 2.75) is 25.0 Å². The minimum absolute atomic E-state index is 0.227. The van der Waals surface area contributed by atoms with Gasteiger partial charge < -0.3 is 9.64 Å². The van der Waals surface area contributed by atoms with Gasteiger partial charge in [-0.05, 0) is 41.3 Å². The summed E-state index contributed by atoms with van der Waals surface area (Å²) in [7, 11) is 0. The van der Waals surface area contributed by atoms with E-state index in [1.807, 2.05) is 41.3 Å². The van der Waals surface area contributed by atoms with Crippen LogP contribution < -0.4 is 4.74 Å². The van der Waals surface area contributed by atoms with E-state index in [0.29, 0.717) is 11.8 Å². The Kier molecular flexibility index (Phi) is 4.78. The maximum atomic E-state index is 12.6. The van der Waals surface area contributed by atoms with E-state index >= 15 is 0 Å². The number of nitrogens with zero attached hydrogens (tertiary/aromatic N) is 2. The number of carbonyl (C=O) groups excluding carboxylic acids is 1. The highest BCUT2D eigenvalue weighted by Gasteiger charge is 2.45. The van der Waals surface area contributed by atoms with Gasteiger partial charge in [-0.15, -0.1) is 0 Å². The molecule has 0 saturated carbocycles. The van der Waals surface area contributed by atoms with Gasteiger partial charge in [-0.25, -0.2) is 4.79 Å². The van der Waals surface area contributed by atoms with Crippen molar-refractivity contribution >= 4 is 6.09 Å². The Labute approximate surface area is 171 Å². The number of carbonyl (C=O) groups is 1. The second-order valence-corrected chi connectivity index (χ2v) is 7.87. The highest BCUT2D eigenvalue weighted by Crippen LogP contribution is 2.33. The lowest BCUT2D eigenvalue weighted by atomic mass is 10.0. The number of para-hydroxylation sites is 1. The van der Waals surface area contributed by atoms with Crippen molar-refractivity contribution in [2.24, 2.45) is 0 Å². The average molecular weight is 384 g/mol. The van der Waals surface area contributed by atoms with Crippen LogP contribution in [-0.2, 0) is 6.54 Å². The average Bonchev–Trinajstić information content (AvgIpc) is 3.36. The van der Waals surface area contributed by atoms with Crippen LogP contribution in [-0.4, -0.2) is 41.1 Å². The first kappa shape index (κ1) is 18.0. The summed E-state index contributed by atoms with van der Waals surface area (Å²) < 4.78 is 5.54. The first-order valence-electron chi connectivity index (χ1n) is 10.2. The summed E-state index contributed by atoms with van der Waals surface area (Å²) in [5.41, 5.74) is 3.81. The van der Waals surface area contributed by atoms with Crippen LogP contribution in [0, 0.1) is 0 Å². The van der Waals surface area contributed by atoms with Crippen LogP contribution in [0.25, 0.3) is 11.1 Å². The Morgan fingerprint density at radius 1 is 0.828 bits per heavy atom. The molecule has 2 fully saturated rings. The molecule has 0 unspecified atom stereocenters. The fourth-order valence-electron chi connectivity index (χ4n) is 4.53. The van der Waals surface area contributed by atoms with Crippen LogP contribution in [0.5, 0.6) is 5.75 Å². The fourth-order valence-corrected chi connectivity index (χ4v) is 4.53. The van der Waals surface area contributed by atoms with E-state index in [4.69, 9.17) is 4.74 Å². The molecule has 2 atom stereocenters. The molecule has 3 aromatic rings. The Bertz CT molecular complexity index is 990. The van der Waals surface area contributed by atoms with Crippen molar-refractivity contribution in [3.63, 3.8) is 0 Å². The molecule has 2 aliphatic heterocycles. The van der Waals surface area contributed by atoms with Crippen molar-refractivity contribution in [1.29, 1.82) is 0 Å². The number of ether oxygens (including phenoxy) is 1. The van der Waals surface area contributed by atoms with Gasteiger partial charge >= 0.3 is 6.09 Å². The van der Waals surface area contributed by atoms with E-state index in [-0.39, 0.29) is 12.1 Å². The largest absolute Gasteiger partial charge is 0.415 e. The van der Waals surface area contributed by atoms with Crippen molar-refractivity contribution < 1.29 is 9.53 Å². The van der Waals surface area contributed by atoms with Crippen LogP contribution >= 0.6 is 0 Å². The van der Waals surface area contributed by atoms with Gasteiger partial charge in [0.1, 0.15) is 5.75 Å². The zero-order valence-corrected chi connectivity index (χ0v) is 16.3. The van der Waals surface area contributed by atoms with E-state index < -0.39 is 0 Å². The molecule has 146 valence electrons. The highest BCUT2D eigenvalue weighted by atomic mass is 16.6. The van der Waals surface area contributed by atoms with Crippen LogP contribution in [0.2, 0.25) is 0 Å². The fraction of sp³-hybridized carbons (Fsp3) is 0.240. The number of likely N-dealkylation sites (tertiary alicyclic amines) is 2. The predicted molar refractivity (Wildman–Crippen MR) is 114 cm³/mol. The lowest BCUT2D eigenvalue weighted by molar-refractivity contribution is 0.105. The molecular weight excluding hydrogens is 360 g/mol. The van der Waals surface area contributed by atoms with Crippen LogP contribution in [0.3, 0.4) is 0 Å². The first-order valence-corrected chi connectivity index (χ1v) is 10.2. The summed E-state index contributed by atoms with van der Waals surface area (Å²) in [5, 5.41) is 0. The van der Waals surface area contributed by atoms with Gasteiger partial charge in [0.15, 0.2) is 0 Å². The molecule has 2 bridgehead atoms. The molecule has 2 heterocycles. The quantitative estimate of drug-likeness (QED) is 0.647. The van der Waals surface area contributed by atoms with Crippen LogP contribution in [0.15, 0.2) is 84.9 Å². The van der Waals surface area contributed by atoms with Crippen molar-refractivity contribution in [3.05, 3.63) is 90.5 Å². The minimum atomic E-state index is -0.227. The summed E-state index contributed by atoms with van der Waals surface area (Å²) in [4.78, 5) is 17.0. The number of hydrogen-bond acceptors (Lipinski definition) is 3. The first-order chi connectivity index (χ1) is 14.3. The van der Waals surface area contributed by atoms with Gasteiger partial charge in [0.25, 0.3) is 0 Å². The molecule has 0 aliphatic carbocycles. The summed E-state index contributed by atoms with van der Waals surface area (Å²) >= 11 is 0. The van der Waals surface area contributed by atoms with E-state index in [1.165, 1.54) is 16.7 Å². The Balaban J connectivity index is 1.22. The maximum absolute atomic E-state index is 12.6. The lowest BCUT2D eigenvalue weighted by Crippen LogP contribution is -2.49. The zero-order valence-electron chi connectivity index (χ0n) is 16.3. The molecule has 4 heteroatoms. The number of hydrogen-bond donors (Lipinski definition) is 0. The predicted octanol–water partition coefficient (Wildman–Crippen LogP) is 4.81. The number of piperazine rings is 1. The highest BCUT2D eigenvalue weighted by molar-refractivity contribution is 5.72.